The maximum absolute atomic E-state index is 10.9. The van der Waals surface area contributed by atoms with E-state index in [1.54, 1.807) is 18.2 Å². The molecule has 0 spiro atoms. The van der Waals surface area contributed by atoms with Crippen molar-refractivity contribution in [3.63, 3.8) is 0 Å². The van der Waals surface area contributed by atoms with E-state index in [2.05, 4.69) is 5.10 Å². The maximum Gasteiger partial charge on any atom is 0.251 e. The van der Waals surface area contributed by atoms with Gasteiger partial charge in [-0.05, 0) is 18.2 Å². The normalized spacial score (nSPS) is 10.3. The molecule has 1 aromatic carbocycles. The molecule has 6 heteroatoms. The number of carbonyl (C=O) groups excluding carboxylic acids is 1. The largest absolute Gasteiger partial charge is 0.397 e. The third-order valence-corrected chi connectivity index (χ3v) is 2.34. The van der Waals surface area contributed by atoms with Crippen molar-refractivity contribution in [2.75, 3.05) is 5.73 Å². The van der Waals surface area contributed by atoms with Crippen LogP contribution in [-0.4, -0.2) is 15.7 Å². The standard InChI is InChI=1S/C10H9ClN4O/c11-7-1-2-9(8(12)3-7)15-5-6(4-14-15)10(13)16/h1-5H,12H2,(H2,13,16). The summed E-state index contributed by atoms with van der Waals surface area (Å²) in [6.07, 6.45) is 2.90. The molecular weight excluding hydrogens is 228 g/mol. The van der Waals surface area contributed by atoms with E-state index in [1.165, 1.54) is 17.1 Å². The van der Waals surface area contributed by atoms with Crippen molar-refractivity contribution in [3.05, 3.63) is 41.2 Å². The molecule has 0 unspecified atom stereocenters. The molecule has 0 radical (unpaired) electrons. The number of nitrogens with zero attached hydrogens (tertiary/aromatic N) is 2. The monoisotopic (exact) mass is 236 g/mol. The number of amides is 1. The van der Waals surface area contributed by atoms with E-state index in [0.29, 0.717) is 22.0 Å². The number of nitrogens with two attached hydrogens (primary N) is 2. The SMILES string of the molecule is NC(=O)c1cnn(-c2ccc(Cl)cc2N)c1. The van der Waals surface area contributed by atoms with Crippen LogP contribution in [0.3, 0.4) is 0 Å². The fraction of sp³-hybridized carbons (Fsp3) is 0. The second kappa shape index (κ2) is 3.86. The highest BCUT2D eigenvalue weighted by Crippen LogP contribution is 2.21. The second-order valence-corrected chi connectivity index (χ2v) is 3.68. The molecule has 82 valence electrons. The van der Waals surface area contributed by atoms with Gasteiger partial charge in [0.05, 0.1) is 23.1 Å². The summed E-state index contributed by atoms with van der Waals surface area (Å²) in [7, 11) is 0. The Balaban J connectivity index is 2.46. The molecule has 16 heavy (non-hydrogen) atoms. The Kier molecular flexibility index (Phi) is 2.54. The van der Waals surface area contributed by atoms with Crippen molar-refractivity contribution in [1.29, 1.82) is 0 Å². The topological polar surface area (TPSA) is 86.9 Å². The predicted octanol–water partition coefficient (Wildman–Crippen LogP) is 1.21. The molecule has 0 saturated carbocycles. The smallest absolute Gasteiger partial charge is 0.251 e. The number of aromatic nitrogens is 2. The Labute approximate surface area is 96.6 Å². The number of rotatable bonds is 2. The van der Waals surface area contributed by atoms with Crippen LogP contribution in [0.5, 0.6) is 0 Å². The molecular formula is C10H9ClN4O. The minimum Gasteiger partial charge on any atom is -0.397 e. The number of carbonyl (C=O) groups is 1. The molecule has 0 atom stereocenters. The van der Waals surface area contributed by atoms with Crippen LogP contribution < -0.4 is 11.5 Å². The van der Waals surface area contributed by atoms with Gasteiger partial charge in [-0.15, -0.1) is 0 Å². The molecule has 1 heterocycles. The summed E-state index contributed by atoms with van der Waals surface area (Å²) >= 11 is 5.78. The molecule has 1 aromatic heterocycles. The Bertz CT molecular complexity index is 550. The first kappa shape index (κ1) is 10.5. The van der Waals surface area contributed by atoms with E-state index in [1.807, 2.05) is 0 Å². The first-order chi connectivity index (χ1) is 7.58. The summed E-state index contributed by atoms with van der Waals surface area (Å²) in [6.45, 7) is 0. The van der Waals surface area contributed by atoms with Crippen LogP contribution in [-0.2, 0) is 0 Å². The Morgan fingerprint density at radius 1 is 1.44 bits per heavy atom. The number of benzene rings is 1. The highest BCUT2D eigenvalue weighted by molar-refractivity contribution is 6.30. The highest BCUT2D eigenvalue weighted by atomic mass is 35.5. The minimum atomic E-state index is -0.529. The van der Waals surface area contributed by atoms with Gasteiger partial charge in [-0.2, -0.15) is 5.10 Å². The quantitative estimate of drug-likeness (QED) is 0.769. The number of primary amides is 1. The van der Waals surface area contributed by atoms with E-state index < -0.39 is 5.91 Å². The van der Waals surface area contributed by atoms with Gasteiger partial charge in [0.2, 0.25) is 0 Å². The van der Waals surface area contributed by atoms with E-state index in [-0.39, 0.29) is 0 Å². The first-order valence-corrected chi connectivity index (χ1v) is 4.85. The molecule has 0 fully saturated rings. The number of hydrogen-bond acceptors (Lipinski definition) is 3. The minimum absolute atomic E-state index is 0.328. The summed E-state index contributed by atoms with van der Waals surface area (Å²) in [4.78, 5) is 10.9. The van der Waals surface area contributed by atoms with Gasteiger partial charge in [0.1, 0.15) is 0 Å². The number of anilines is 1. The molecule has 2 aromatic rings. The van der Waals surface area contributed by atoms with Gasteiger partial charge in [0.15, 0.2) is 0 Å². The average molecular weight is 237 g/mol. The van der Waals surface area contributed by atoms with Gasteiger partial charge in [0, 0.05) is 11.2 Å². The van der Waals surface area contributed by atoms with Crippen molar-refractivity contribution in [1.82, 2.24) is 9.78 Å². The van der Waals surface area contributed by atoms with Crippen molar-refractivity contribution in [3.8, 4) is 5.69 Å². The Morgan fingerprint density at radius 2 is 2.19 bits per heavy atom. The molecule has 0 aliphatic rings. The zero-order valence-electron chi connectivity index (χ0n) is 8.22. The van der Waals surface area contributed by atoms with E-state index in [4.69, 9.17) is 23.1 Å². The van der Waals surface area contributed by atoms with Crippen LogP contribution >= 0.6 is 11.6 Å². The second-order valence-electron chi connectivity index (χ2n) is 3.24. The van der Waals surface area contributed by atoms with Crippen molar-refractivity contribution < 1.29 is 4.79 Å². The lowest BCUT2D eigenvalue weighted by Crippen LogP contribution is -2.09. The zero-order valence-corrected chi connectivity index (χ0v) is 8.98. The van der Waals surface area contributed by atoms with Gasteiger partial charge in [0.25, 0.3) is 5.91 Å². The van der Waals surface area contributed by atoms with Crippen molar-refractivity contribution >= 4 is 23.2 Å². The molecule has 1 amide bonds. The van der Waals surface area contributed by atoms with Gasteiger partial charge in [-0.25, -0.2) is 4.68 Å². The van der Waals surface area contributed by atoms with Crippen LogP contribution in [0.15, 0.2) is 30.6 Å². The lowest BCUT2D eigenvalue weighted by atomic mass is 10.2. The fourth-order valence-electron chi connectivity index (χ4n) is 1.32. The zero-order chi connectivity index (χ0) is 11.7. The summed E-state index contributed by atoms with van der Waals surface area (Å²) in [6, 6.07) is 5.02. The summed E-state index contributed by atoms with van der Waals surface area (Å²) in [5.74, 6) is -0.529. The lowest BCUT2D eigenvalue weighted by molar-refractivity contribution is 0.100. The van der Waals surface area contributed by atoms with E-state index in [9.17, 15) is 4.79 Å². The Hall–Kier alpha value is -2.01. The summed E-state index contributed by atoms with van der Waals surface area (Å²) < 4.78 is 1.48. The lowest BCUT2D eigenvalue weighted by Gasteiger charge is -2.05. The van der Waals surface area contributed by atoms with E-state index >= 15 is 0 Å². The van der Waals surface area contributed by atoms with Crippen molar-refractivity contribution in [2.24, 2.45) is 5.73 Å². The van der Waals surface area contributed by atoms with Crippen LogP contribution in [0.25, 0.3) is 5.69 Å². The molecule has 0 aliphatic heterocycles. The van der Waals surface area contributed by atoms with Crippen LogP contribution in [0.2, 0.25) is 5.02 Å². The Morgan fingerprint density at radius 3 is 2.75 bits per heavy atom. The summed E-state index contributed by atoms with van der Waals surface area (Å²) in [5, 5.41) is 4.54. The van der Waals surface area contributed by atoms with Crippen molar-refractivity contribution in [2.45, 2.75) is 0 Å². The third-order valence-electron chi connectivity index (χ3n) is 2.10. The summed E-state index contributed by atoms with van der Waals surface area (Å²) in [5.41, 5.74) is 12.4. The third kappa shape index (κ3) is 1.85. The highest BCUT2D eigenvalue weighted by Gasteiger charge is 2.07. The average Bonchev–Trinajstić information content (AvgIpc) is 2.66. The van der Waals surface area contributed by atoms with Gasteiger partial charge < -0.3 is 11.5 Å². The van der Waals surface area contributed by atoms with Gasteiger partial charge in [-0.3, -0.25) is 4.79 Å². The number of nitrogen functional groups attached to an aromatic ring is 1. The number of hydrogen-bond donors (Lipinski definition) is 2. The van der Waals surface area contributed by atoms with Crippen LogP contribution in [0.4, 0.5) is 5.69 Å². The molecule has 4 N–H and O–H groups in total. The van der Waals surface area contributed by atoms with Crippen LogP contribution in [0.1, 0.15) is 10.4 Å². The number of halogens is 1. The fourth-order valence-corrected chi connectivity index (χ4v) is 1.50. The maximum atomic E-state index is 10.9. The molecule has 0 bridgehead atoms. The molecule has 5 nitrogen and oxygen atoms in total. The van der Waals surface area contributed by atoms with Gasteiger partial charge >= 0.3 is 0 Å². The van der Waals surface area contributed by atoms with Gasteiger partial charge in [-0.1, -0.05) is 11.6 Å². The van der Waals surface area contributed by atoms with Crippen LogP contribution in [0, 0.1) is 0 Å². The first-order valence-electron chi connectivity index (χ1n) is 4.48. The molecule has 0 aliphatic carbocycles. The predicted molar refractivity (Wildman–Crippen MR) is 61.5 cm³/mol. The van der Waals surface area contributed by atoms with E-state index in [0.717, 1.165) is 0 Å². The molecule has 0 saturated heterocycles. The molecule has 2 rings (SSSR count).